The van der Waals surface area contributed by atoms with E-state index < -0.39 is 97.4 Å². The van der Waals surface area contributed by atoms with Crippen molar-refractivity contribution in [3.8, 4) is 50.3 Å². The molecule has 14 N–H and O–H groups in total. The van der Waals surface area contributed by atoms with Gasteiger partial charge in [-0.15, -0.1) is 0 Å². The molecule has 6 rings (SSSR count). The van der Waals surface area contributed by atoms with E-state index in [2.05, 4.69) is 133 Å². The average molecular weight is 1260 g/mol. The maximum atomic E-state index is 13.8. The van der Waals surface area contributed by atoms with Gasteiger partial charge >= 0.3 is 5.97 Å². The van der Waals surface area contributed by atoms with E-state index in [0.29, 0.717) is 38.6 Å². The maximum absolute atomic E-state index is 13.8. The normalized spacial score (nSPS) is 11.7. The first-order valence-electron chi connectivity index (χ1n) is 29.9. The van der Waals surface area contributed by atoms with Crippen LogP contribution in [-0.4, -0.2) is 161 Å². The Morgan fingerprint density at radius 3 is 1.48 bits per heavy atom. The minimum atomic E-state index is -1.56. The van der Waals surface area contributed by atoms with E-state index in [9.17, 15) is 43.2 Å². The lowest BCUT2D eigenvalue weighted by Crippen LogP contribution is -2.56. The molecule has 0 aliphatic rings. The molecule has 92 heavy (non-hydrogen) atoms. The van der Waals surface area contributed by atoms with Gasteiger partial charge in [0.15, 0.2) is 5.96 Å². The number of amides is 8. The highest BCUT2D eigenvalue weighted by molar-refractivity contribution is 5.96. The van der Waals surface area contributed by atoms with Gasteiger partial charge in [0.1, 0.15) is 30.5 Å². The molecule has 0 aliphatic carbocycles. The Balaban J connectivity index is 0.838. The summed E-state index contributed by atoms with van der Waals surface area (Å²) in [6, 6.07) is 48.1. The van der Waals surface area contributed by atoms with Crippen LogP contribution < -0.4 is 59.2 Å². The van der Waals surface area contributed by atoms with Crippen molar-refractivity contribution in [2.24, 2.45) is 22.2 Å². The number of aliphatic imine (C=N–C) groups is 1. The Morgan fingerprint density at radius 1 is 0.446 bits per heavy atom. The number of carboxylic acid groups (broad SMARTS) is 1. The van der Waals surface area contributed by atoms with Crippen LogP contribution in [0.5, 0.6) is 5.75 Å². The van der Waals surface area contributed by atoms with Crippen molar-refractivity contribution in [3.63, 3.8) is 0 Å². The number of guanidine groups is 1. The van der Waals surface area contributed by atoms with E-state index in [1.807, 2.05) is 36.4 Å². The molecule has 0 spiro atoms. The molecule has 0 fully saturated rings. The molecule has 486 valence electrons. The van der Waals surface area contributed by atoms with Crippen molar-refractivity contribution < 1.29 is 67.2 Å². The number of nitrogens with two attached hydrogens (primary N) is 3. The molecule has 3 atom stereocenters. The van der Waals surface area contributed by atoms with Crippen LogP contribution >= 0.6 is 0 Å². The molecule has 0 saturated heterocycles. The lowest BCUT2D eigenvalue weighted by Gasteiger charge is -2.23. The SMILES string of the molecule is NC(=O)C(CC(=O)O)NC(=O)CNC(=O)C(CCCN=C(N)N)NC(=O)C(Cc1ccccc1)NC(=O)CNC(=O)CNC(=O)CCC(=O)NCCOCCOCCOCCOc1cc(-c2ccc(-c3ccccc3)cc2)ccc1-c1ccc(-c2ccccc2)cc1. The molecule has 3 unspecified atom stereocenters. The Labute approximate surface area is 532 Å². The second-order valence-electron chi connectivity index (χ2n) is 20.8. The molecule has 25 heteroatoms. The van der Waals surface area contributed by atoms with Crippen molar-refractivity contribution >= 4 is 59.2 Å². The highest BCUT2D eigenvalue weighted by atomic mass is 16.6. The molecule has 0 radical (unpaired) electrons. The number of nitrogens with one attached hydrogen (secondary N) is 7. The number of carbonyl (C=O) groups is 9. The second-order valence-corrected chi connectivity index (χ2v) is 20.8. The van der Waals surface area contributed by atoms with Gasteiger partial charge in [-0.2, -0.15) is 0 Å². The fraction of sp³-hybridized carbons (Fsp3) is 0.313. The van der Waals surface area contributed by atoms with Crippen LogP contribution in [0.4, 0.5) is 0 Å². The van der Waals surface area contributed by atoms with E-state index in [-0.39, 0.29) is 64.4 Å². The van der Waals surface area contributed by atoms with Crippen LogP contribution in [0.2, 0.25) is 0 Å². The zero-order chi connectivity index (χ0) is 65.9. The summed E-state index contributed by atoms with van der Waals surface area (Å²) in [6.45, 7) is 0.473. The minimum absolute atomic E-state index is 0.0542. The molecule has 0 aliphatic heterocycles. The summed E-state index contributed by atoms with van der Waals surface area (Å²) < 4.78 is 23.4. The first-order chi connectivity index (χ1) is 44.5. The van der Waals surface area contributed by atoms with E-state index in [1.165, 1.54) is 0 Å². The van der Waals surface area contributed by atoms with Gasteiger partial charge in [-0.05, 0) is 63.4 Å². The van der Waals surface area contributed by atoms with Crippen LogP contribution in [0.3, 0.4) is 0 Å². The Bertz CT molecular complexity index is 3390. The molecule has 0 bridgehead atoms. The van der Waals surface area contributed by atoms with E-state index in [1.54, 1.807) is 30.3 Å². The number of carboxylic acids is 1. The number of primary amides is 1. The van der Waals surface area contributed by atoms with Gasteiger partial charge in [-0.3, -0.25) is 48.1 Å². The summed E-state index contributed by atoms with van der Waals surface area (Å²) in [5.74, 6) is -7.18. The smallest absolute Gasteiger partial charge is 0.305 e. The number of carbonyl (C=O) groups excluding carboxylic acids is 8. The monoisotopic (exact) mass is 1260 g/mol. The average Bonchev–Trinajstić information content (AvgIpc) is 1.13. The molecule has 25 nitrogen and oxygen atoms in total. The van der Waals surface area contributed by atoms with Crippen LogP contribution in [0.15, 0.2) is 163 Å². The van der Waals surface area contributed by atoms with Crippen molar-refractivity contribution in [3.05, 3.63) is 163 Å². The molecule has 6 aromatic rings. The van der Waals surface area contributed by atoms with E-state index in [4.69, 9.17) is 41.3 Å². The molecule has 0 aromatic heterocycles. The van der Waals surface area contributed by atoms with Gasteiger partial charge in [0.2, 0.25) is 47.3 Å². The van der Waals surface area contributed by atoms with Gasteiger partial charge in [0.25, 0.3) is 0 Å². The topological polar surface area (TPSA) is 385 Å². The van der Waals surface area contributed by atoms with Gasteiger partial charge in [0.05, 0.1) is 65.7 Å². The fourth-order valence-electron chi connectivity index (χ4n) is 9.14. The van der Waals surface area contributed by atoms with Gasteiger partial charge in [-0.1, -0.05) is 152 Å². The fourth-order valence-corrected chi connectivity index (χ4v) is 9.14. The summed E-state index contributed by atoms with van der Waals surface area (Å²) in [5, 5.41) is 26.0. The molecular weight excluding hydrogens is 1180 g/mol. The minimum Gasteiger partial charge on any atom is -0.491 e. The lowest BCUT2D eigenvalue weighted by molar-refractivity contribution is -0.140. The number of rotatable bonds is 40. The van der Waals surface area contributed by atoms with Gasteiger partial charge < -0.3 is 78.5 Å². The predicted octanol–water partition coefficient (Wildman–Crippen LogP) is 2.74. The maximum Gasteiger partial charge on any atom is 0.305 e. The summed E-state index contributed by atoms with van der Waals surface area (Å²) in [6.07, 6.45) is -1.15. The Morgan fingerprint density at radius 2 is 0.913 bits per heavy atom. The largest absolute Gasteiger partial charge is 0.491 e. The van der Waals surface area contributed by atoms with E-state index >= 15 is 0 Å². The van der Waals surface area contributed by atoms with Crippen molar-refractivity contribution in [1.29, 1.82) is 0 Å². The number of hydrogen-bond acceptors (Lipinski definition) is 14. The Hall–Kier alpha value is -10.5. The van der Waals surface area contributed by atoms with Gasteiger partial charge in [0, 0.05) is 37.9 Å². The number of hydrogen-bond donors (Lipinski definition) is 11. The van der Waals surface area contributed by atoms with Crippen molar-refractivity contribution in [2.45, 2.75) is 56.7 Å². The third kappa shape index (κ3) is 25.9. The summed E-state index contributed by atoms with van der Waals surface area (Å²) in [7, 11) is 0. The molecule has 6 aromatic carbocycles. The third-order valence-corrected chi connectivity index (χ3v) is 13.9. The summed E-state index contributed by atoms with van der Waals surface area (Å²) in [4.78, 5) is 117. The second kappa shape index (κ2) is 38.8. The molecule has 8 amide bonds. The predicted molar refractivity (Wildman–Crippen MR) is 345 cm³/mol. The number of nitrogens with zero attached hydrogens (tertiary/aromatic N) is 1. The summed E-state index contributed by atoms with van der Waals surface area (Å²) >= 11 is 0. The molecule has 0 saturated carbocycles. The van der Waals surface area contributed by atoms with Gasteiger partial charge in [-0.25, -0.2) is 0 Å². The van der Waals surface area contributed by atoms with Crippen LogP contribution in [0.25, 0.3) is 44.5 Å². The van der Waals surface area contributed by atoms with E-state index in [0.717, 1.165) is 50.3 Å². The molecular formula is C67H79N11O14. The number of benzene rings is 6. The van der Waals surface area contributed by atoms with Crippen molar-refractivity contribution in [1.82, 2.24) is 37.2 Å². The van der Waals surface area contributed by atoms with Crippen LogP contribution in [-0.2, 0) is 63.8 Å². The van der Waals surface area contributed by atoms with Crippen molar-refractivity contribution in [2.75, 3.05) is 79.0 Å². The number of ether oxygens (including phenoxy) is 4. The van der Waals surface area contributed by atoms with Crippen LogP contribution in [0.1, 0.15) is 37.7 Å². The zero-order valence-corrected chi connectivity index (χ0v) is 50.9. The quantitative estimate of drug-likeness (QED) is 0.0150. The Kier molecular flexibility index (Phi) is 29.8. The summed E-state index contributed by atoms with van der Waals surface area (Å²) in [5.41, 5.74) is 25.3. The standard InChI is InChI=1S/C67H79N11O14/c68-64(86)55(41-63(84)85)76-62(83)44-75-65(87)54(17-10-30-72-67(69)70)78-66(88)56(39-45-11-4-1-5-12-45)77-61(82)43-74-60(81)42-73-59(80)29-28-58(79)71-31-32-89-33-34-90-35-36-91-37-38-92-57-40-52(50-20-18-48(19-21-50)46-13-6-2-7-14-46)26-27-53(57)51-24-22-49(23-25-51)47-15-8-3-9-16-47/h1-9,11-16,18-27,40,54-56H,10,17,28-39,41-44H2,(H2,68,86)(H,71,79)(H,73,80)(H,74,81)(H,75,87)(H,76,83)(H,77,82)(H,78,88)(H,84,85)(H4,69,70,72). The third-order valence-electron chi connectivity index (χ3n) is 13.9. The molecule has 0 heterocycles. The highest BCUT2D eigenvalue weighted by Gasteiger charge is 2.28. The lowest BCUT2D eigenvalue weighted by atomic mass is 9.96. The highest BCUT2D eigenvalue weighted by Crippen LogP contribution is 2.36. The van der Waals surface area contributed by atoms with Crippen LogP contribution in [0, 0.1) is 0 Å². The first-order valence-corrected chi connectivity index (χ1v) is 29.9. The zero-order valence-electron chi connectivity index (χ0n) is 50.9. The first kappa shape index (κ1) is 70.6. The number of aliphatic carboxylic acids is 1.